The molecule has 1 aliphatic heterocycles. The van der Waals surface area contributed by atoms with E-state index in [2.05, 4.69) is 18.8 Å². The number of amides is 2. The van der Waals surface area contributed by atoms with E-state index in [0.717, 1.165) is 27.0 Å². The Balaban J connectivity index is 2.02. The van der Waals surface area contributed by atoms with Crippen molar-refractivity contribution in [2.24, 2.45) is 10.7 Å². The highest BCUT2D eigenvalue weighted by Crippen LogP contribution is 2.37. The first-order valence-electron chi connectivity index (χ1n) is 9.64. The molecule has 2 N–H and O–H groups in total. The van der Waals surface area contributed by atoms with Crippen molar-refractivity contribution in [1.29, 1.82) is 0 Å². The Morgan fingerprint density at radius 2 is 2.00 bits per heavy atom. The zero-order chi connectivity index (χ0) is 22.5. The number of aliphatic imine (C=N–C) groups is 1. The highest BCUT2D eigenvalue weighted by atomic mass is 35.5. The lowest BCUT2D eigenvalue weighted by Crippen LogP contribution is -2.17. The van der Waals surface area contributed by atoms with Gasteiger partial charge in [0.25, 0.3) is 0 Å². The molecule has 7 nitrogen and oxygen atoms in total. The Labute approximate surface area is 194 Å². The van der Waals surface area contributed by atoms with Gasteiger partial charge in [0.05, 0.1) is 12.2 Å². The highest BCUT2D eigenvalue weighted by molar-refractivity contribution is 7.99. The zero-order valence-electron chi connectivity index (χ0n) is 17.1. The summed E-state index contributed by atoms with van der Waals surface area (Å²) in [6.07, 6.45) is 3.27. The number of dihydropyridines is 1. The summed E-state index contributed by atoms with van der Waals surface area (Å²) in [5.74, 6) is 0.715. The third-order valence-electron chi connectivity index (χ3n) is 4.45. The van der Waals surface area contributed by atoms with Crippen LogP contribution in [0.25, 0.3) is 0 Å². The van der Waals surface area contributed by atoms with E-state index in [4.69, 9.17) is 38.7 Å². The minimum absolute atomic E-state index is 0.114. The molecule has 164 valence electrons. The first-order chi connectivity index (χ1) is 14.7. The first kappa shape index (κ1) is 23.4. The third-order valence-corrected chi connectivity index (χ3v) is 5.98. The molecule has 0 atom stereocenters. The number of imidazole rings is 1. The molecule has 1 aromatic carbocycles. The van der Waals surface area contributed by atoms with E-state index in [1.165, 1.54) is 11.8 Å². The summed E-state index contributed by atoms with van der Waals surface area (Å²) in [6.45, 7) is 4.71. The largest absolute Gasteiger partial charge is 0.449 e. The Hall–Kier alpha value is -2.29. The lowest BCUT2D eigenvalue weighted by molar-refractivity contribution is -0.117. The monoisotopic (exact) mass is 480 g/mol. The predicted octanol–water partition coefficient (Wildman–Crippen LogP) is 5.03. The van der Waals surface area contributed by atoms with Crippen LogP contribution in [0.5, 0.6) is 0 Å². The Morgan fingerprint density at radius 1 is 1.29 bits per heavy atom. The number of ether oxygens (including phenoxy) is 1. The van der Waals surface area contributed by atoms with Gasteiger partial charge in [-0.15, -0.1) is 0 Å². The molecule has 10 heteroatoms. The normalized spacial score (nSPS) is 13.6. The van der Waals surface area contributed by atoms with E-state index in [9.17, 15) is 9.59 Å². The molecule has 3 rings (SSSR count). The number of primary amides is 1. The summed E-state index contributed by atoms with van der Waals surface area (Å²) in [7, 11) is 0. The average molecular weight is 481 g/mol. The minimum atomic E-state index is -0.828. The van der Waals surface area contributed by atoms with Gasteiger partial charge in [-0.05, 0) is 29.7 Å². The van der Waals surface area contributed by atoms with Crippen molar-refractivity contribution < 1.29 is 14.3 Å². The van der Waals surface area contributed by atoms with Gasteiger partial charge < -0.3 is 15.0 Å². The molecule has 0 radical (unpaired) electrons. The van der Waals surface area contributed by atoms with E-state index in [-0.39, 0.29) is 24.9 Å². The summed E-state index contributed by atoms with van der Waals surface area (Å²) in [4.78, 5) is 32.1. The van der Waals surface area contributed by atoms with E-state index in [0.29, 0.717) is 23.0 Å². The maximum atomic E-state index is 11.4. The van der Waals surface area contributed by atoms with Crippen LogP contribution in [0.1, 0.15) is 37.7 Å². The van der Waals surface area contributed by atoms with Gasteiger partial charge in [0, 0.05) is 34.0 Å². The van der Waals surface area contributed by atoms with Crippen LogP contribution in [-0.4, -0.2) is 34.4 Å². The second-order valence-electron chi connectivity index (χ2n) is 7.22. The quantitative estimate of drug-likeness (QED) is 0.570. The van der Waals surface area contributed by atoms with Crippen LogP contribution >= 0.6 is 35.0 Å². The van der Waals surface area contributed by atoms with Gasteiger partial charge in [0.1, 0.15) is 17.5 Å². The first-order valence-corrected chi connectivity index (χ1v) is 11.2. The lowest BCUT2D eigenvalue weighted by atomic mass is 10.1. The summed E-state index contributed by atoms with van der Waals surface area (Å²) in [5, 5.41) is 2.01. The second-order valence-corrected chi connectivity index (χ2v) is 9.15. The molecule has 2 aromatic rings. The number of rotatable bonds is 8. The van der Waals surface area contributed by atoms with Crippen molar-refractivity contribution in [2.75, 3.05) is 6.61 Å². The number of halogens is 2. The van der Waals surface area contributed by atoms with Crippen molar-refractivity contribution in [2.45, 2.75) is 49.1 Å². The molecular formula is C21H22Cl2N4O3S. The zero-order valence-corrected chi connectivity index (χ0v) is 19.4. The van der Waals surface area contributed by atoms with Gasteiger partial charge in [0.15, 0.2) is 0 Å². The molecule has 0 saturated carbocycles. The third kappa shape index (κ3) is 6.35. The molecular weight excluding hydrogens is 459 g/mol. The van der Waals surface area contributed by atoms with Crippen LogP contribution in [0.3, 0.4) is 0 Å². The van der Waals surface area contributed by atoms with Gasteiger partial charge >= 0.3 is 6.09 Å². The molecule has 2 amide bonds. The van der Waals surface area contributed by atoms with Gasteiger partial charge in [-0.1, -0.05) is 54.9 Å². The van der Waals surface area contributed by atoms with Crippen molar-refractivity contribution in [3.8, 4) is 0 Å². The topological polar surface area (TPSA) is 99.6 Å². The van der Waals surface area contributed by atoms with Gasteiger partial charge in [-0.3, -0.25) is 4.79 Å². The number of nitrogens with two attached hydrogens (primary N) is 1. The number of hydrogen-bond donors (Lipinski definition) is 1. The smallest absolute Gasteiger partial charge is 0.404 e. The molecule has 0 aliphatic carbocycles. The van der Waals surface area contributed by atoms with E-state index >= 15 is 0 Å². The minimum Gasteiger partial charge on any atom is -0.449 e. The standard InChI is InChI=1S/C21H22Cl2N4O3S/c1-12(2)19-20(31-16-8-14(22)7-15(23)9-16)27(11-13-3-4-18(28)25-10-13)17(26-19)5-6-30-21(24)29/h3,7-10,12H,4-6,11H2,1-2H3,(H2,24,29). The fourth-order valence-electron chi connectivity index (χ4n) is 3.05. The van der Waals surface area contributed by atoms with Crippen molar-refractivity contribution >= 4 is 53.2 Å². The van der Waals surface area contributed by atoms with E-state index in [1.807, 2.05) is 22.8 Å². The summed E-state index contributed by atoms with van der Waals surface area (Å²) in [6, 6.07) is 5.37. The maximum Gasteiger partial charge on any atom is 0.404 e. The summed E-state index contributed by atoms with van der Waals surface area (Å²) < 4.78 is 6.97. The number of benzene rings is 1. The van der Waals surface area contributed by atoms with Gasteiger partial charge in [0.2, 0.25) is 5.91 Å². The summed E-state index contributed by atoms with van der Waals surface area (Å²) >= 11 is 13.9. The molecule has 31 heavy (non-hydrogen) atoms. The van der Waals surface area contributed by atoms with Crippen molar-refractivity contribution in [3.63, 3.8) is 0 Å². The van der Waals surface area contributed by atoms with Gasteiger partial charge in [-0.2, -0.15) is 0 Å². The molecule has 0 spiro atoms. The molecule has 0 saturated heterocycles. The van der Waals surface area contributed by atoms with Gasteiger partial charge in [-0.25, -0.2) is 14.8 Å². The number of nitrogens with zero attached hydrogens (tertiary/aromatic N) is 3. The van der Waals surface area contributed by atoms with Crippen LogP contribution in [0.2, 0.25) is 10.0 Å². The fourth-order valence-corrected chi connectivity index (χ4v) is 4.97. The average Bonchev–Trinajstić information content (AvgIpc) is 3.00. The Kier molecular flexibility index (Phi) is 7.80. The molecule has 0 fully saturated rings. The van der Waals surface area contributed by atoms with Crippen LogP contribution in [0, 0.1) is 0 Å². The maximum absolute atomic E-state index is 11.4. The highest BCUT2D eigenvalue weighted by Gasteiger charge is 2.22. The van der Waals surface area contributed by atoms with Crippen LogP contribution in [0.15, 0.2) is 44.8 Å². The van der Waals surface area contributed by atoms with Crippen molar-refractivity contribution in [3.05, 3.63) is 51.4 Å². The molecule has 0 bridgehead atoms. The molecule has 2 heterocycles. The number of carbonyl (C=O) groups excluding carboxylic acids is 2. The van der Waals surface area contributed by atoms with Crippen LogP contribution < -0.4 is 5.73 Å². The number of aromatic nitrogens is 2. The number of allylic oxidation sites excluding steroid dienone is 1. The van der Waals surface area contributed by atoms with E-state index < -0.39 is 6.09 Å². The molecule has 1 aromatic heterocycles. The Morgan fingerprint density at radius 3 is 2.58 bits per heavy atom. The van der Waals surface area contributed by atoms with Crippen LogP contribution in [0.4, 0.5) is 4.79 Å². The lowest BCUT2D eigenvalue weighted by Gasteiger charge is -2.15. The van der Waals surface area contributed by atoms with Crippen molar-refractivity contribution in [1.82, 2.24) is 9.55 Å². The molecule has 0 unspecified atom stereocenters. The summed E-state index contributed by atoms with van der Waals surface area (Å²) in [5.41, 5.74) is 6.90. The van der Waals surface area contributed by atoms with E-state index in [1.54, 1.807) is 12.3 Å². The second kappa shape index (κ2) is 10.3. The SMILES string of the molecule is CC(C)c1nc(CCOC(N)=O)n(CC2=CCC(=O)N=C2)c1Sc1cc(Cl)cc(Cl)c1. The number of hydrogen-bond acceptors (Lipinski definition) is 5. The Bertz CT molecular complexity index is 1040. The predicted molar refractivity (Wildman–Crippen MR) is 122 cm³/mol. The number of carbonyl (C=O) groups is 2. The molecule has 1 aliphatic rings. The van der Waals surface area contributed by atoms with Crippen LogP contribution in [-0.2, 0) is 22.5 Å². The fraction of sp³-hybridized carbons (Fsp3) is 0.333.